The highest BCUT2D eigenvalue weighted by Gasteiger charge is 2.32. The number of carbonyl (C=O) groups is 2. The van der Waals surface area contributed by atoms with Crippen LogP contribution < -0.4 is 4.74 Å². The lowest BCUT2D eigenvalue weighted by Gasteiger charge is -2.36. The molecular formula is C25H30N2O4. The highest BCUT2D eigenvalue weighted by molar-refractivity contribution is 5.96. The Morgan fingerprint density at radius 1 is 1.13 bits per heavy atom. The zero-order valence-corrected chi connectivity index (χ0v) is 18.3. The van der Waals surface area contributed by atoms with Crippen molar-refractivity contribution >= 4 is 11.8 Å². The predicted octanol–water partition coefficient (Wildman–Crippen LogP) is 3.40. The summed E-state index contributed by atoms with van der Waals surface area (Å²) in [6, 6.07) is 14.9. The Hall–Kier alpha value is -2.86. The van der Waals surface area contributed by atoms with Gasteiger partial charge in [0.05, 0.1) is 19.8 Å². The van der Waals surface area contributed by atoms with Gasteiger partial charge in [-0.2, -0.15) is 0 Å². The summed E-state index contributed by atoms with van der Waals surface area (Å²) in [5, 5.41) is 0. The van der Waals surface area contributed by atoms with Gasteiger partial charge in [-0.1, -0.05) is 24.3 Å². The van der Waals surface area contributed by atoms with Crippen LogP contribution in [0.3, 0.4) is 0 Å². The maximum absolute atomic E-state index is 13.3. The molecule has 0 spiro atoms. The highest BCUT2D eigenvalue weighted by Crippen LogP contribution is 2.30. The summed E-state index contributed by atoms with van der Waals surface area (Å²) in [6.45, 7) is 4.68. The van der Waals surface area contributed by atoms with Crippen molar-refractivity contribution in [3.63, 3.8) is 0 Å². The molecule has 1 saturated carbocycles. The largest absolute Gasteiger partial charge is 0.497 e. The molecule has 2 aromatic rings. The Morgan fingerprint density at radius 2 is 1.94 bits per heavy atom. The fourth-order valence-electron chi connectivity index (χ4n) is 4.03. The van der Waals surface area contributed by atoms with Crippen LogP contribution in [0, 0.1) is 12.8 Å². The van der Waals surface area contributed by atoms with Gasteiger partial charge in [0.25, 0.3) is 11.8 Å². The van der Waals surface area contributed by atoms with Crippen LogP contribution in [0.4, 0.5) is 0 Å². The summed E-state index contributed by atoms with van der Waals surface area (Å²) in [5.41, 5.74) is 2.31. The molecule has 2 aromatic carbocycles. The topological polar surface area (TPSA) is 59.1 Å². The molecule has 2 fully saturated rings. The zero-order valence-electron chi connectivity index (χ0n) is 18.3. The molecule has 2 aliphatic rings. The number of rotatable bonds is 7. The Balaban J connectivity index is 1.46. The molecule has 0 aromatic heterocycles. The first-order valence-electron chi connectivity index (χ1n) is 10.9. The first-order valence-corrected chi connectivity index (χ1v) is 10.9. The molecule has 2 amide bonds. The normalized spacial score (nSPS) is 18.5. The molecule has 1 aliphatic heterocycles. The maximum Gasteiger partial charge on any atom is 0.254 e. The van der Waals surface area contributed by atoms with E-state index in [0.717, 1.165) is 30.5 Å². The molecule has 4 rings (SSSR count). The van der Waals surface area contributed by atoms with E-state index in [0.29, 0.717) is 43.5 Å². The van der Waals surface area contributed by atoms with Crippen molar-refractivity contribution in [2.24, 2.45) is 5.92 Å². The number of benzene rings is 2. The van der Waals surface area contributed by atoms with Crippen molar-refractivity contribution in [1.82, 2.24) is 9.80 Å². The van der Waals surface area contributed by atoms with Gasteiger partial charge < -0.3 is 19.3 Å². The van der Waals surface area contributed by atoms with Gasteiger partial charge in [0.2, 0.25) is 0 Å². The lowest BCUT2D eigenvalue weighted by atomic mass is 10.1. The Morgan fingerprint density at radius 3 is 2.68 bits per heavy atom. The van der Waals surface area contributed by atoms with Gasteiger partial charge in [0, 0.05) is 37.3 Å². The van der Waals surface area contributed by atoms with Crippen LogP contribution in [0.15, 0.2) is 48.5 Å². The quantitative estimate of drug-likeness (QED) is 0.686. The summed E-state index contributed by atoms with van der Waals surface area (Å²) in [4.78, 5) is 30.0. The van der Waals surface area contributed by atoms with Crippen LogP contribution >= 0.6 is 0 Å². The molecule has 1 atom stereocenters. The summed E-state index contributed by atoms with van der Waals surface area (Å²) in [6.07, 6.45) is 2.12. The van der Waals surface area contributed by atoms with Gasteiger partial charge in [0.1, 0.15) is 5.75 Å². The van der Waals surface area contributed by atoms with Gasteiger partial charge >= 0.3 is 0 Å². The van der Waals surface area contributed by atoms with Gasteiger partial charge in [-0.05, 0) is 55.5 Å². The van der Waals surface area contributed by atoms with E-state index in [1.807, 2.05) is 59.2 Å². The van der Waals surface area contributed by atoms with Crippen molar-refractivity contribution < 1.29 is 19.1 Å². The second-order valence-corrected chi connectivity index (χ2v) is 8.44. The van der Waals surface area contributed by atoms with Crippen LogP contribution in [-0.4, -0.2) is 67.6 Å². The van der Waals surface area contributed by atoms with E-state index < -0.39 is 0 Å². The molecule has 1 unspecified atom stereocenters. The number of hydrogen-bond donors (Lipinski definition) is 0. The average molecular weight is 423 g/mol. The SMILES string of the molecule is COc1cccc(C(=O)N(CC2CC2)CC2CN(C(=O)c3ccccc3C)CCO2)c1. The molecule has 164 valence electrons. The molecule has 1 aliphatic carbocycles. The van der Waals surface area contributed by atoms with E-state index in [4.69, 9.17) is 9.47 Å². The first kappa shape index (κ1) is 21.4. The van der Waals surface area contributed by atoms with E-state index in [1.54, 1.807) is 13.2 Å². The van der Waals surface area contributed by atoms with E-state index in [9.17, 15) is 9.59 Å². The summed E-state index contributed by atoms with van der Waals surface area (Å²) in [7, 11) is 1.60. The highest BCUT2D eigenvalue weighted by atomic mass is 16.5. The third-order valence-corrected chi connectivity index (χ3v) is 6.00. The Labute approximate surface area is 183 Å². The van der Waals surface area contributed by atoms with Gasteiger partial charge in [-0.3, -0.25) is 9.59 Å². The minimum Gasteiger partial charge on any atom is -0.497 e. The number of aryl methyl sites for hydroxylation is 1. The number of methoxy groups -OCH3 is 1. The number of ether oxygens (including phenoxy) is 2. The second-order valence-electron chi connectivity index (χ2n) is 8.44. The summed E-state index contributed by atoms with van der Waals surface area (Å²) in [5.74, 6) is 1.24. The summed E-state index contributed by atoms with van der Waals surface area (Å²) >= 11 is 0. The molecule has 6 heteroatoms. The summed E-state index contributed by atoms with van der Waals surface area (Å²) < 4.78 is 11.3. The van der Waals surface area contributed by atoms with Gasteiger partial charge in [-0.15, -0.1) is 0 Å². The third-order valence-electron chi connectivity index (χ3n) is 6.00. The minimum absolute atomic E-state index is 0.0169. The molecule has 0 bridgehead atoms. The minimum atomic E-state index is -0.199. The van der Waals surface area contributed by atoms with E-state index in [2.05, 4.69) is 0 Å². The third kappa shape index (κ3) is 5.25. The number of morpholine rings is 1. The van der Waals surface area contributed by atoms with Crippen molar-refractivity contribution in [2.75, 3.05) is 39.9 Å². The van der Waals surface area contributed by atoms with Crippen molar-refractivity contribution in [1.29, 1.82) is 0 Å². The molecular weight excluding hydrogens is 392 g/mol. The number of hydrogen-bond acceptors (Lipinski definition) is 4. The van der Waals surface area contributed by atoms with Crippen LogP contribution in [0.5, 0.6) is 5.75 Å². The predicted molar refractivity (Wildman–Crippen MR) is 118 cm³/mol. The monoisotopic (exact) mass is 422 g/mol. The van der Waals surface area contributed by atoms with Crippen molar-refractivity contribution in [2.45, 2.75) is 25.9 Å². The second kappa shape index (κ2) is 9.52. The fraction of sp³-hybridized carbons (Fsp3) is 0.440. The smallest absolute Gasteiger partial charge is 0.254 e. The van der Waals surface area contributed by atoms with E-state index in [1.165, 1.54) is 0 Å². The molecule has 0 radical (unpaired) electrons. The lowest BCUT2D eigenvalue weighted by molar-refractivity contribution is -0.0335. The van der Waals surface area contributed by atoms with Gasteiger partial charge in [0.15, 0.2) is 0 Å². The Kier molecular flexibility index (Phi) is 6.56. The van der Waals surface area contributed by atoms with E-state index in [-0.39, 0.29) is 17.9 Å². The molecule has 1 heterocycles. The van der Waals surface area contributed by atoms with Crippen molar-refractivity contribution in [3.05, 3.63) is 65.2 Å². The molecule has 0 N–H and O–H groups in total. The zero-order chi connectivity index (χ0) is 21.8. The molecule has 1 saturated heterocycles. The number of nitrogens with zero attached hydrogens (tertiary/aromatic N) is 2. The van der Waals surface area contributed by atoms with Gasteiger partial charge in [-0.25, -0.2) is 0 Å². The standard InChI is InChI=1S/C25H30N2O4/c1-18-6-3-4-9-23(18)25(29)26-12-13-31-22(16-26)17-27(15-19-10-11-19)24(28)20-7-5-8-21(14-20)30-2/h3-9,14,19,22H,10-13,15-17H2,1-2H3. The average Bonchev–Trinajstić information content (AvgIpc) is 3.62. The lowest BCUT2D eigenvalue weighted by Crippen LogP contribution is -2.51. The first-order chi connectivity index (χ1) is 15.0. The maximum atomic E-state index is 13.3. The molecule has 6 nitrogen and oxygen atoms in total. The van der Waals surface area contributed by atoms with Crippen LogP contribution in [0.2, 0.25) is 0 Å². The van der Waals surface area contributed by atoms with E-state index >= 15 is 0 Å². The fourth-order valence-corrected chi connectivity index (χ4v) is 4.03. The van der Waals surface area contributed by atoms with Crippen LogP contribution in [-0.2, 0) is 4.74 Å². The Bertz CT molecular complexity index is 941. The number of amides is 2. The van der Waals surface area contributed by atoms with Crippen molar-refractivity contribution in [3.8, 4) is 5.75 Å². The van der Waals surface area contributed by atoms with Crippen LogP contribution in [0.1, 0.15) is 39.1 Å². The molecule has 31 heavy (non-hydrogen) atoms. The van der Waals surface area contributed by atoms with Crippen LogP contribution in [0.25, 0.3) is 0 Å². The number of carbonyl (C=O) groups excluding carboxylic acids is 2.